The van der Waals surface area contributed by atoms with Gasteiger partial charge in [0.1, 0.15) is 0 Å². The monoisotopic (exact) mass is 193 g/mol. The molecule has 1 N–H and O–H groups in total. The molecular weight excluding hydrogens is 178 g/mol. The standard InChI is InChI=1S/C7H15NO3S/c1-3-7(10)8-12(2,11)6-4-5-9/h9H,3-6H2,1-2H3/t12-/m1/s1. The van der Waals surface area contributed by atoms with Gasteiger partial charge in [-0.3, -0.25) is 4.79 Å². The Bertz CT molecular complexity index is 253. The molecule has 0 aromatic carbocycles. The van der Waals surface area contributed by atoms with Gasteiger partial charge in [-0.05, 0) is 6.42 Å². The van der Waals surface area contributed by atoms with E-state index < -0.39 is 9.73 Å². The number of carbonyl (C=O) groups is 1. The maximum atomic E-state index is 11.4. The van der Waals surface area contributed by atoms with Gasteiger partial charge in [-0.15, -0.1) is 0 Å². The van der Waals surface area contributed by atoms with Gasteiger partial charge in [-0.2, -0.15) is 4.36 Å². The molecule has 0 saturated heterocycles. The molecule has 0 rings (SSSR count). The maximum Gasteiger partial charge on any atom is 0.253 e. The zero-order chi connectivity index (χ0) is 9.61. The number of aliphatic hydroxyl groups excluding tert-OH is 1. The quantitative estimate of drug-likeness (QED) is 0.703. The average Bonchev–Trinajstić information content (AvgIpc) is 2.00. The third-order valence-electron chi connectivity index (χ3n) is 1.28. The van der Waals surface area contributed by atoms with Crippen molar-refractivity contribution in [3.8, 4) is 0 Å². The summed E-state index contributed by atoms with van der Waals surface area (Å²) in [5, 5.41) is 8.47. The molecule has 0 aliphatic heterocycles. The van der Waals surface area contributed by atoms with Gasteiger partial charge in [0.2, 0.25) is 0 Å². The Morgan fingerprint density at radius 1 is 1.58 bits per heavy atom. The number of nitrogens with zero attached hydrogens (tertiary/aromatic N) is 1. The number of carbonyl (C=O) groups excluding carboxylic acids is 1. The van der Waals surface area contributed by atoms with E-state index in [1.54, 1.807) is 6.92 Å². The van der Waals surface area contributed by atoms with Gasteiger partial charge in [0.05, 0.1) is 9.73 Å². The maximum absolute atomic E-state index is 11.4. The fraction of sp³-hybridized carbons (Fsp3) is 0.857. The Balaban J connectivity index is 4.28. The first-order valence-electron chi connectivity index (χ1n) is 3.85. The summed E-state index contributed by atoms with van der Waals surface area (Å²) < 4.78 is 15.0. The minimum atomic E-state index is -2.39. The van der Waals surface area contributed by atoms with Crippen LogP contribution in [0.25, 0.3) is 0 Å². The van der Waals surface area contributed by atoms with Crippen LogP contribution in [0, 0.1) is 0 Å². The predicted molar refractivity (Wildman–Crippen MR) is 48.4 cm³/mol. The summed E-state index contributed by atoms with van der Waals surface area (Å²) in [4.78, 5) is 10.8. The highest BCUT2D eigenvalue weighted by Crippen LogP contribution is 1.96. The van der Waals surface area contributed by atoms with Crippen LogP contribution in [-0.4, -0.2) is 33.8 Å². The Morgan fingerprint density at radius 2 is 2.17 bits per heavy atom. The van der Waals surface area contributed by atoms with Crippen molar-refractivity contribution in [2.45, 2.75) is 19.8 Å². The fourth-order valence-corrected chi connectivity index (χ4v) is 1.97. The highest BCUT2D eigenvalue weighted by molar-refractivity contribution is 7.93. The van der Waals surface area contributed by atoms with Gasteiger partial charge >= 0.3 is 0 Å². The van der Waals surface area contributed by atoms with Gasteiger partial charge in [-0.25, -0.2) is 4.21 Å². The van der Waals surface area contributed by atoms with E-state index in [1.165, 1.54) is 6.26 Å². The van der Waals surface area contributed by atoms with Crippen LogP contribution >= 0.6 is 0 Å². The van der Waals surface area contributed by atoms with Crippen molar-refractivity contribution in [3.63, 3.8) is 0 Å². The molecule has 72 valence electrons. The lowest BCUT2D eigenvalue weighted by Crippen LogP contribution is -2.07. The second kappa shape index (κ2) is 5.27. The van der Waals surface area contributed by atoms with E-state index in [2.05, 4.69) is 4.36 Å². The van der Waals surface area contributed by atoms with Crippen molar-refractivity contribution >= 4 is 15.6 Å². The van der Waals surface area contributed by atoms with Crippen LogP contribution in [0.1, 0.15) is 19.8 Å². The van der Waals surface area contributed by atoms with Crippen molar-refractivity contribution in [2.24, 2.45) is 4.36 Å². The van der Waals surface area contributed by atoms with E-state index in [-0.39, 0.29) is 24.7 Å². The number of hydrogen-bond acceptors (Lipinski definition) is 3. The minimum absolute atomic E-state index is 0.0132. The highest BCUT2D eigenvalue weighted by Gasteiger charge is 2.03. The van der Waals surface area contributed by atoms with Crippen LogP contribution in [0.4, 0.5) is 0 Å². The Hall–Kier alpha value is -0.420. The minimum Gasteiger partial charge on any atom is -0.396 e. The molecule has 0 bridgehead atoms. The first-order chi connectivity index (χ1) is 5.52. The number of rotatable bonds is 4. The molecule has 0 aromatic rings. The van der Waals surface area contributed by atoms with Crippen LogP contribution in [0.2, 0.25) is 0 Å². The zero-order valence-corrected chi connectivity index (χ0v) is 8.26. The molecule has 0 heterocycles. The molecule has 0 aromatic heterocycles. The molecule has 0 fully saturated rings. The zero-order valence-electron chi connectivity index (χ0n) is 7.45. The highest BCUT2D eigenvalue weighted by atomic mass is 32.2. The average molecular weight is 193 g/mol. The molecular formula is C7H15NO3S. The SMILES string of the molecule is CCC(=O)N=[S@](C)(=O)CCCO. The summed E-state index contributed by atoms with van der Waals surface area (Å²) in [6.45, 7) is 1.66. The number of aliphatic hydroxyl groups is 1. The van der Waals surface area contributed by atoms with Gasteiger partial charge in [-0.1, -0.05) is 6.92 Å². The van der Waals surface area contributed by atoms with Gasteiger partial charge in [0, 0.05) is 25.0 Å². The second-order valence-electron chi connectivity index (χ2n) is 2.58. The van der Waals surface area contributed by atoms with Crippen molar-refractivity contribution in [1.82, 2.24) is 0 Å². The summed E-state index contributed by atoms with van der Waals surface area (Å²) >= 11 is 0. The van der Waals surface area contributed by atoms with Gasteiger partial charge in [0.15, 0.2) is 0 Å². The Morgan fingerprint density at radius 3 is 2.58 bits per heavy atom. The van der Waals surface area contributed by atoms with E-state index >= 15 is 0 Å². The number of amides is 1. The molecule has 1 amide bonds. The predicted octanol–water partition coefficient (Wildman–Crippen LogP) is 0.403. The third kappa shape index (κ3) is 5.26. The van der Waals surface area contributed by atoms with Crippen molar-refractivity contribution in [1.29, 1.82) is 0 Å². The summed E-state index contributed by atoms with van der Waals surface area (Å²) in [6, 6.07) is 0. The summed E-state index contributed by atoms with van der Waals surface area (Å²) in [5.74, 6) is -0.0460. The van der Waals surface area contributed by atoms with Crippen LogP contribution in [-0.2, 0) is 14.5 Å². The lowest BCUT2D eigenvalue weighted by atomic mass is 10.5. The lowest BCUT2D eigenvalue weighted by Gasteiger charge is -2.00. The van der Waals surface area contributed by atoms with Crippen molar-refractivity contribution in [2.75, 3.05) is 18.6 Å². The first-order valence-corrected chi connectivity index (χ1v) is 5.94. The van der Waals surface area contributed by atoms with Gasteiger partial charge in [0.25, 0.3) is 5.91 Å². The van der Waals surface area contributed by atoms with E-state index in [4.69, 9.17) is 5.11 Å². The van der Waals surface area contributed by atoms with E-state index in [0.29, 0.717) is 6.42 Å². The number of hydrogen-bond donors (Lipinski definition) is 1. The summed E-state index contributed by atoms with van der Waals surface area (Å²) in [5.41, 5.74) is 0. The van der Waals surface area contributed by atoms with E-state index in [1.807, 2.05) is 0 Å². The lowest BCUT2D eigenvalue weighted by molar-refractivity contribution is -0.117. The molecule has 5 heteroatoms. The molecule has 12 heavy (non-hydrogen) atoms. The normalized spacial score (nSPS) is 15.2. The molecule has 0 aliphatic rings. The van der Waals surface area contributed by atoms with Crippen LogP contribution in [0.5, 0.6) is 0 Å². The van der Waals surface area contributed by atoms with Crippen LogP contribution < -0.4 is 0 Å². The van der Waals surface area contributed by atoms with E-state index in [9.17, 15) is 9.00 Å². The van der Waals surface area contributed by atoms with E-state index in [0.717, 1.165) is 0 Å². The molecule has 0 unspecified atom stereocenters. The molecule has 0 aliphatic carbocycles. The summed E-state index contributed by atoms with van der Waals surface area (Å²) in [6.07, 6.45) is 2.15. The van der Waals surface area contributed by atoms with Crippen molar-refractivity contribution in [3.05, 3.63) is 0 Å². The van der Waals surface area contributed by atoms with Crippen LogP contribution in [0.3, 0.4) is 0 Å². The molecule has 0 spiro atoms. The third-order valence-corrected chi connectivity index (χ3v) is 2.91. The molecule has 1 atom stereocenters. The Labute approximate surface area is 73.2 Å². The second-order valence-corrected chi connectivity index (χ2v) is 5.09. The van der Waals surface area contributed by atoms with Gasteiger partial charge < -0.3 is 5.11 Å². The first kappa shape index (κ1) is 11.6. The Kier molecular flexibility index (Phi) is 5.08. The van der Waals surface area contributed by atoms with Crippen LogP contribution in [0.15, 0.2) is 4.36 Å². The molecule has 4 nitrogen and oxygen atoms in total. The largest absolute Gasteiger partial charge is 0.396 e. The fourth-order valence-electron chi connectivity index (χ4n) is 0.658. The molecule has 0 saturated carbocycles. The molecule has 0 radical (unpaired) electrons. The summed E-state index contributed by atoms with van der Waals surface area (Å²) in [7, 11) is -2.39. The van der Waals surface area contributed by atoms with Crippen molar-refractivity contribution < 1.29 is 14.1 Å². The smallest absolute Gasteiger partial charge is 0.253 e. The topological polar surface area (TPSA) is 66.7 Å².